The van der Waals surface area contributed by atoms with E-state index in [1.807, 2.05) is 6.92 Å². The number of hydrogen-bond donors (Lipinski definition) is 2. The number of hydrogen-bond acceptors (Lipinski definition) is 4. The van der Waals surface area contributed by atoms with Gasteiger partial charge in [0.05, 0.1) is 6.26 Å². The SMILES string of the molecule is CCCC[C@H](CNS(C)(=O)=O)NC(=O)OC(C)(C)C. The van der Waals surface area contributed by atoms with Crippen molar-refractivity contribution >= 4 is 16.1 Å². The van der Waals surface area contributed by atoms with E-state index in [9.17, 15) is 13.2 Å². The summed E-state index contributed by atoms with van der Waals surface area (Å²) < 4.78 is 29.7. The van der Waals surface area contributed by atoms with Crippen LogP contribution >= 0.6 is 0 Å². The van der Waals surface area contributed by atoms with Gasteiger partial charge in [-0.1, -0.05) is 19.8 Å². The summed E-state index contributed by atoms with van der Waals surface area (Å²) >= 11 is 0. The molecule has 0 aliphatic rings. The van der Waals surface area contributed by atoms with Gasteiger partial charge in [0.1, 0.15) is 5.60 Å². The van der Waals surface area contributed by atoms with E-state index >= 15 is 0 Å². The Kier molecular flexibility index (Phi) is 7.36. The van der Waals surface area contributed by atoms with Crippen LogP contribution in [0.4, 0.5) is 4.79 Å². The van der Waals surface area contributed by atoms with Gasteiger partial charge >= 0.3 is 6.09 Å². The molecule has 0 aromatic heterocycles. The van der Waals surface area contributed by atoms with E-state index in [4.69, 9.17) is 4.74 Å². The monoisotopic (exact) mass is 294 g/mol. The Labute approximate surface area is 116 Å². The lowest BCUT2D eigenvalue weighted by atomic mass is 10.1. The molecule has 0 saturated carbocycles. The van der Waals surface area contributed by atoms with Crippen molar-refractivity contribution in [2.24, 2.45) is 0 Å². The maximum atomic E-state index is 11.6. The van der Waals surface area contributed by atoms with Crippen LogP contribution < -0.4 is 10.0 Å². The molecule has 0 saturated heterocycles. The van der Waals surface area contributed by atoms with Gasteiger partial charge in [0.15, 0.2) is 0 Å². The van der Waals surface area contributed by atoms with Crippen molar-refractivity contribution in [2.45, 2.75) is 58.6 Å². The van der Waals surface area contributed by atoms with Crippen LogP contribution in [0.25, 0.3) is 0 Å². The predicted molar refractivity (Wildman–Crippen MR) is 75.5 cm³/mol. The van der Waals surface area contributed by atoms with Crippen molar-refractivity contribution in [2.75, 3.05) is 12.8 Å². The summed E-state index contributed by atoms with van der Waals surface area (Å²) in [6.07, 6.45) is 3.16. The van der Waals surface area contributed by atoms with Crippen molar-refractivity contribution in [3.05, 3.63) is 0 Å². The third kappa shape index (κ3) is 12.0. The summed E-state index contributed by atoms with van der Waals surface area (Å²) in [7, 11) is -3.26. The molecule has 0 aromatic rings. The molecule has 0 spiro atoms. The van der Waals surface area contributed by atoms with E-state index in [1.54, 1.807) is 20.8 Å². The minimum atomic E-state index is -3.26. The number of nitrogens with one attached hydrogen (secondary N) is 2. The Morgan fingerprint density at radius 1 is 1.32 bits per heavy atom. The molecule has 0 aromatic carbocycles. The van der Waals surface area contributed by atoms with Crippen molar-refractivity contribution in [3.8, 4) is 0 Å². The first-order valence-electron chi connectivity index (χ1n) is 6.47. The standard InChI is InChI=1S/C12H26N2O4S/c1-6-7-8-10(9-13-19(5,16)17)14-11(15)18-12(2,3)4/h10,13H,6-9H2,1-5H3,(H,14,15)/t10-/m1/s1. The molecule has 0 radical (unpaired) electrons. The first kappa shape index (κ1) is 18.2. The third-order valence-electron chi connectivity index (χ3n) is 2.22. The zero-order valence-electron chi connectivity index (χ0n) is 12.4. The summed E-state index contributed by atoms with van der Waals surface area (Å²) in [5.74, 6) is 0. The van der Waals surface area contributed by atoms with E-state index in [-0.39, 0.29) is 12.6 Å². The van der Waals surface area contributed by atoms with Crippen LogP contribution in [0.15, 0.2) is 0 Å². The summed E-state index contributed by atoms with van der Waals surface area (Å²) in [5.41, 5.74) is -0.566. The predicted octanol–water partition coefficient (Wildman–Crippen LogP) is 1.62. The Balaban J connectivity index is 4.37. The fraction of sp³-hybridized carbons (Fsp3) is 0.917. The van der Waals surface area contributed by atoms with Crippen LogP contribution in [0.1, 0.15) is 47.0 Å². The molecule has 0 fully saturated rings. The molecule has 0 aliphatic carbocycles. The summed E-state index contributed by atoms with van der Waals surface area (Å²) in [5, 5.41) is 2.69. The lowest BCUT2D eigenvalue weighted by molar-refractivity contribution is 0.0502. The zero-order chi connectivity index (χ0) is 15.1. The average molecular weight is 294 g/mol. The van der Waals surface area contributed by atoms with Gasteiger partial charge in [0, 0.05) is 12.6 Å². The van der Waals surface area contributed by atoms with Gasteiger partial charge in [-0.15, -0.1) is 0 Å². The molecule has 0 heterocycles. The molecular formula is C12H26N2O4S. The molecule has 0 aliphatic heterocycles. The molecule has 0 rings (SSSR count). The smallest absolute Gasteiger partial charge is 0.407 e. The normalized spacial score (nSPS) is 13.9. The van der Waals surface area contributed by atoms with Crippen molar-refractivity contribution in [3.63, 3.8) is 0 Å². The third-order valence-corrected chi connectivity index (χ3v) is 2.91. The van der Waals surface area contributed by atoms with Crippen LogP contribution in [-0.4, -0.2) is 39.0 Å². The van der Waals surface area contributed by atoms with Crippen molar-refractivity contribution in [1.82, 2.24) is 10.0 Å². The largest absolute Gasteiger partial charge is 0.444 e. The van der Waals surface area contributed by atoms with E-state index in [0.717, 1.165) is 19.1 Å². The number of amides is 1. The highest BCUT2D eigenvalue weighted by atomic mass is 32.2. The second kappa shape index (κ2) is 7.69. The molecule has 6 nitrogen and oxygen atoms in total. The number of rotatable bonds is 7. The Morgan fingerprint density at radius 3 is 2.32 bits per heavy atom. The van der Waals surface area contributed by atoms with Gasteiger partial charge in [0.2, 0.25) is 10.0 Å². The lowest BCUT2D eigenvalue weighted by Gasteiger charge is -2.23. The second-order valence-corrected chi connectivity index (χ2v) is 7.44. The maximum Gasteiger partial charge on any atom is 0.407 e. The van der Waals surface area contributed by atoms with Crippen LogP contribution in [0.3, 0.4) is 0 Å². The summed E-state index contributed by atoms with van der Waals surface area (Å²) in [6.45, 7) is 7.56. The van der Waals surface area contributed by atoms with Crippen LogP contribution in [-0.2, 0) is 14.8 Å². The van der Waals surface area contributed by atoms with Gasteiger partial charge in [-0.3, -0.25) is 0 Å². The molecule has 1 amide bonds. The van der Waals surface area contributed by atoms with Crippen molar-refractivity contribution in [1.29, 1.82) is 0 Å². The van der Waals surface area contributed by atoms with E-state index in [0.29, 0.717) is 6.42 Å². The zero-order valence-corrected chi connectivity index (χ0v) is 13.3. The van der Waals surface area contributed by atoms with Crippen LogP contribution in [0.2, 0.25) is 0 Å². The Bertz CT molecular complexity index is 374. The minimum absolute atomic E-state index is 0.179. The fourth-order valence-electron chi connectivity index (χ4n) is 1.40. The maximum absolute atomic E-state index is 11.6. The minimum Gasteiger partial charge on any atom is -0.444 e. The van der Waals surface area contributed by atoms with Gasteiger partial charge in [-0.2, -0.15) is 0 Å². The highest BCUT2D eigenvalue weighted by Gasteiger charge is 2.19. The number of carbonyl (C=O) groups is 1. The number of alkyl carbamates (subject to hydrolysis) is 1. The van der Waals surface area contributed by atoms with Crippen LogP contribution in [0, 0.1) is 0 Å². The molecule has 2 N–H and O–H groups in total. The summed E-state index contributed by atoms with van der Waals surface area (Å²) in [6, 6.07) is -0.260. The Hall–Kier alpha value is -0.820. The highest BCUT2D eigenvalue weighted by Crippen LogP contribution is 2.08. The Morgan fingerprint density at radius 2 is 1.89 bits per heavy atom. The number of carbonyl (C=O) groups excluding carboxylic acids is 1. The van der Waals surface area contributed by atoms with Gasteiger partial charge in [-0.05, 0) is 27.2 Å². The number of unbranched alkanes of at least 4 members (excludes halogenated alkanes) is 1. The molecule has 1 atom stereocenters. The number of sulfonamides is 1. The van der Waals surface area contributed by atoms with Gasteiger partial charge in [-0.25, -0.2) is 17.9 Å². The average Bonchev–Trinajstić information content (AvgIpc) is 2.18. The van der Waals surface area contributed by atoms with Crippen LogP contribution in [0.5, 0.6) is 0 Å². The molecular weight excluding hydrogens is 268 g/mol. The van der Waals surface area contributed by atoms with Gasteiger partial charge in [0.25, 0.3) is 0 Å². The summed E-state index contributed by atoms with van der Waals surface area (Å²) in [4.78, 5) is 11.6. The fourth-order valence-corrected chi connectivity index (χ4v) is 1.91. The topological polar surface area (TPSA) is 84.5 Å². The second-order valence-electron chi connectivity index (χ2n) is 5.61. The molecule has 0 bridgehead atoms. The molecule has 0 unspecified atom stereocenters. The number of ether oxygens (including phenoxy) is 1. The van der Waals surface area contributed by atoms with E-state index in [2.05, 4.69) is 10.0 Å². The quantitative estimate of drug-likeness (QED) is 0.747. The van der Waals surface area contributed by atoms with Crippen molar-refractivity contribution < 1.29 is 17.9 Å². The van der Waals surface area contributed by atoms with E-state index < -0.39 is 21.7 Å². The molecule has 19 heavy (non-hydrogen) atoms. The van der Waals surface area contributed by atoms with E-state index in [1.165, 1.54) is 0 Å². The molecule has 7 heteroatoms. The first-order chi connectivity index (χ1) is 8.53. The lowest BCUT2D eigenvalue weighted by Crippen LogP contribution is -2.45. The molecule has 114 valence electrons. The first-order valence-corrected chi connectivity index (χ1v) is 8.37. The highest BCUT2D eigenvalue weighted by molar-refractivity contribution is 7.88. The van der Waals surface area contributed by atoms with Gasteiger partial charge < -0.3 is 10.1 Å².